The predicted molar refractivity (Wildman–Crippen MR) is 119 cm³/mol. The third kappa shape index (κ3) is 4.25. The van der Waals surface area contributed by atoms with E-state index < -0.39 is 0 Å². The van der Waals surface area contributed by atoms with Crippen LogP contribution in [0.5, 0.6) is 0 Å². The van der Waals surface area contributed by atoms with Crippen LogP contribution in [0.25, 0.3) is 0 Å². The minimum Gasteiger partial charge on any atom is -0.359 e. The first-order valence-electron chi connectivity index (χ1n) is 9.84. The van der Waals surface area contributed by atoms with Gasteiger partial charge in [0.05, 0.1) is 0 Å². The van der Waals surface area contributed by atoms with Crippen LogP contribution in [0.4, 0.5) is 17.6 Å². The molecular formula is C21H26N6S. The molecule has 1 aromatic heterocycles. The van der Waals surface area contributed by atoms with Gasteiger partial charge >= 0.3 is 0 Å². The Kier molecular flexibility index (Phi) is 5.71. The fourth-order valence-electron chi connectivity index (χ4n) is 3.73. The highest BCUT2D eigenvalue weighted by atomic mass is 32.1. The average Bonchev–Trinajstić information content (AvgIpc) is 3.17. The van der Waals surface area contributed by atoms with Crippen LogP contribution in [0.2, 0.25) is 0 Å². The first kappa shape index (κ1) is 18.7. The molecule has 2 N–H and O–H groups in total. The fraction of sp³-hybridized carbons (Fsp3) is 0.381. The van der Waals surface area contributed by atoms with Crippen molar-refractivity contribution >= 4 is 34.9 Å². The van der Waals surface area contributed by atoms with Crippen LogP contribution in [-0.2, 0) is 13.1 Å². The number of rotatable bonds is 5. The molecule has 2 aliphatic heterocycles. The smallest absolute Gasteiger partial charge is 0.232 e. The molecule has 7 heteroatoms. The molecule has 0 saturated carbocycles. The predicted octanol–water partition coefficient (Wildman–Crippen LogP) is 3.46. The zero-order valence-electron chi connectivity index (χ0n) is 16.0. The van der Waals surface area contributed by atoms with Gasteiger partial charge in [-0.15, -0.1) is 6.58 Å². The van der Waals surface area contributed by atoms with Gasteiger partial charge in [-0.25, -0.2) is 0 Å². The van der Waals surface area contributed by atoms with Crippen LogP contribution in [0.3, 0.4) is 0 Å². The highest BCUT2D eigenvalue weighted by Crippen LogP contribution is 2.30. The lowest BCUT2D eigenvalue weighted by atomic mass is 10.1. The van der Waals surface area contributed by atoms with Crippen LogP contribution in [0.15, 0.2) is 43.0 Å². The molecule has 0 radical (unpaired) electrons. The summed E-state index contributed by atoms with van der Waals surface area (Å²) < 4.78 is 0. The van der Waals surface area contributed by atoms with Gasteiger partial charge in [-0.3, -0.25) is 0 Å². The maximum atomic E-state index is 5.36. The maximum Gasteiger partial charge on any atom is 0.232 e. The molecule has 3 heterocycles. The minimum absolute atomic E-state index is 0.506. The first-order valence-corrected chi connectivity index (χ1v) is 10.3. The summed E-state index contributed by atoms with van der Waals surface area (Å²) in [6, 6.07) is 10.7. The molecule has 0 bridgehead atoms. The minimum atomic E-state index is 0.506. The van der Waals surface area contributed by atoms with E-state index >= 15 is 0 Å². The van der Waals surface area contributed by atoms with Gasteiger partial charge in [0.25, 0.3) is 0 Å². The van der Waals surface area contributed by atoms with E-state index in [2.05, 4.69) is 57.3 Å². The fourth-order valence-corrected chi connectivity index (χ4v) is 3.91. The molecule has 0 spiro atoms. The largest absolute Gasteiger partial charge is 0.359 e. The van der Waals surface area contributed by atoms with Gasteiger partial charge in [0.2, 0.25) is 5.95 Å². The number of anilines is 3. The molecule has 0 unspecified atom stereocenters. The number of thiocarbonyl (C=S) groups is 1. The second-order valence-electron chi connectivity index (χ2n) is 7.20. The monoisotopic (exact) mass is 394 g/mol. The Morgan fingerprint density at radius 1 is 1.04 bits per heavy atom. The number of nitrogens with zero attached hydrogens (tertiary/aromatic N) is 4. The van der Waals surface area contributed by atoms with Crippen molar-refractivity contribution in [3.8, 4) is 0 Å². The Labute approximate surface area is 171 Å². The van der Waals surface area contributed by atoms with E-state index in [0.29, 0.717) is 17.6 Å². The highest BCUT2D eigenvalue weighted by Gasteiger charge is 2.22. The van der Waals surface area contributed by atoms with Crippen LogP contribution in [0, 0.1) is 0 Å². The standard InChI is InChI=1S/C21H26N6S/c1-2-10-22-21(28)25-20-23-18(26-11-6-3-7-12-26)13-19(24-20)27-14-16-8-4-5-9-17(16)15-27/h2,4-5,8-9,13H,1,3,6-7,10-12,14-15H2,(H2,22,23,24,25,28). The van der Waals surface area contributed by atoms with Crippen LogP contribution in [0.1, 0.15) is 30.4 Å². The van der Waals surface area contributed by atoms with E-state index in [9.17, 15) is 0 Å². The lowest BCUT2D eigenvalue weighted by Crippen LogP contribution is -2.32. The van der Waals surface area contributed by atoms with Gasteiger partial charge in [0.1, 0.15) is 11.6 Å². The molecular weight excluding hydrogens is 368 g/mol. The van der Waals surface area contributed by atoms with Crippen molar-refractivity contribution in [3.05, 3.63) is 54.1 Å². The van der Waals surface area contributed by atoms with Crippen LogP contribution >= 0.6 is 12.2 Å². The SMILES string of the molecule is C=CCNC(=S)Nc1nc(N2CCCCC2)cc(N2Cc3ccccc3C2)n1. The van der Waals surface area contributed by atoms with E-state index in [1.54, 1.807) is 6.08 Å². The molecule has 6 nitrogen and oxygen atoms in total. The summed E-state index contributed by atoms with van der Waals surface area (Å²) in [5, 5.41) is 6.72. The molecule has 0 atom stereocenters. The van der Waals surface area contributed by atoms with Gasteiger partial charge in [0.15, 0.2) is 5.11 Å². The molecule has 1 fully saturated rings. The Bertz CT molecular complexity index is 837. The van der Waals surface area contributed by atoms with E-state index in [-0.39, 0.29) is 0 Å². The Hall–Kier alpha value is -2.67. The summed E-state index contributed by atoms with van der Waals surface area (Å²) in [5.74, 6) is 2.44. The zero-order valence-corrected chi connectivity index (χ0v) is 16.8. The summed E-state index contributed by atoms with van der Waals surface area (Å²) in [4.78, 5) is 14.2. The second kappa shape index (κ2) is 8.56. The quantitative estimate of drug-likeness (QED) is 0.595. The summed E-state index contributed by atoms with van der Waals surface area (Å²) in [6.45, 7) is 8.12. The van der Waals surface area contributed by atoms with Gasteiger partial charge in [-0.05, 0) is 42.6 Å². The Morgan fingerprint density at radius 2 is 1.68 bits per heavy atom. The topological polar surface area (TPSA) is 56.3 Å². The third-order valence-corrected chi connectivity index (χ3v) is 5.42. The van der Waals surface area contributed by atoms with E-state index in [1.807, 2.05) is 0 Å². The van der Waals surface area contributed by atoms with Crippen molar-refractivity contribution in [1.29, 1.82) is 0 Å². The highest BCUT2D eigenvalue weighted by molar-refractivity contribution is 7.80. The van der Waals surface area contributed by atoms with E-state index in [1.165, 1.54) is 30.4 Å². The van der Waals surface area contributed by atoms with Gasteiger partial charge in [0, 0.05) is 38.8 Å². The average molecular weight is 395 g/mol. The van der Waals surface area contributed by atoms with Gasteiger partial charge < -0.3 is 20.4 Å². The van der Waals surface area contributed by atoms with E-state index in [4.69, 9.17) is 22.2 Å². The second-order valence-corrected chi connectivity index (χ2v) is 7.61. The number of piperidine rings is 1. The first-order chi connectivity index (χ1) is 13.7. The van der Waals surface area contributed by atoms with Gasteiger partial charge in [-0.2, -0.15) is 9.97 Å². The molecule has 2 aromatic rings. The van der Waals surface area contributed by atoms with Crippen molar-refractivity contribution < 1.29 is 0 Å². The molecule has 1 saturated heterocycles. The van der Waals surface area contributed by atoms with Crippen molar-refractivity contribution in [3.63, 3.8) is 0 Å². The number of hydrogen-bond acceptors (Lipinski definition) is 5. The van der Waals surface area contributed by atoms with Crippen LogP contribution in [-0.4, -0.2) is 34.7 Å². The summed E-state index contributed by atoms with van der Waals surface area (Å²) >= 11 is 5.36. The van der Waals surface area contributed by atoms with E-state index in [0.717, 1.165) is 37.8 Å². The molecule has 0 aliphatic carbocycles. The summed E-state index contributed by atoms with van der Waals surface area (Å²) in [6.07, 6.45) is 5.47. The van der Waals surface area contributed by atoms with Crippen molar-refractivity contribution in [2.45, 2.75) is 32.4 Å². The molecule has 4 rings (SSSR count). The molecule has 1 aromatic carbocycles. The number of aromatic nitrogens is 2. The number of fused-ring (bicyclic) bond motifs is 1. The van der Waals surface area contributed by atoms with Crippen molar-refractivity contribution in [2.75, 3.05) is 34.8 Å². The normalized spacial score (nSPS) is 15.9. The molecule has 2 aliphatic rings. The number of hydrogen-bond donors (Lipinski definition) is 2. The summed E-state index contributed by atoms with van der Waals surface area (Å²) in [5.41, 5.74) is 2.72. The van der Waals surface area contributed by atoms with Crippen LogP contribution < -0.4 is 20.4 Å². The molecule has 0 amide bonds. The van der Waals surface area contributed by atoms with Crippen molar-refractivity contribution in [2.24, 2.45) is 0 Å². The van der Waals surface area contributed by atoms with Gasteiger partial charge in [-0.1, -0.05) is 30.3 Å². The lowest BCUT2D eigenvalue weighted by Gasteiger charge is -2.29. The number of nitrogens with one attached hydrogen (secondary N) is 2. The lowest BCUT2D eigenvalue weighted by molar-refractivity contribution is 0.573. The Morgan fingerprint density at radius 3 is 2.32 bits per heavy atom. The maximum absolute atomic E-state index is 5.36. The molecule has 146 valence electrons. The molecule has 28 heavy (non-hydrogen) atoms. The summed E-state index contributed by atoms with van der Waals surface area (Å²) in [7, 11) is 0. The van der Waals surface area contributed by atoms with Crippen molar-refractivity contribution in [1.82, 2.24) is 15.3 Å². The Balaban J connectivity index is 1.60. The third-order valence-electron chi connectivity index (χ3n) is 5.18. The number of benzene rings is 1. The zero-order chi connectivity index (χ0) is 19.3.